The van der Waals surface area contributed by atoms with Crippen LogP contribution in [0, 0.1) is 11.7 Å². The first kappa shape index (κ1) is 19.3. The Labute approximate surface area is 158 Å². The molecule has 0 unspecified atom stereocenters. The van der Waals surface area contributed by atoms with Gasteiger partial charge >= 0.3 is 0 Å². The first-order valence-corrected chi connectivity index (χ1v) is 8.69. The van der Waals surface area contributed by atoms with Crippen molar-refractivity contribution in [2.45, 2.75) is 26.3 Å². The fraction of sp³-hybridized carbons (Fsp3) is 0.412. The minimum Gasteiger partial charge on any atom is -0.385 e. The number of alkyl halides is 2. The molecule has 0 aliphatic heterocycles. The number of aryl methyl sites for hydroxylation is 2. The van der Waals surface area contributed by atoms with E-state index in [0.29, 0.717) is 30.8 Å². The highest BCUT2D eigenvalue weighted by molar-refractivity contribution is 7.71. The number of nitrogens with one attached hydrogen (secondary N) is 1. The lowest BCUT2D eigenvalue weighted by atomic mass is 10.1. The zero-order valence-electron chi connectivity index (χ0n) is 15.1. The molecule has 3 aromatic rings. The molecule has 0 radical (unpaired) electrons. The molecule has 0 amide bonds. The minimum absolute atomic E-state index is 0.135. The molecule has 0 saturated carbocycles. The van der Waals surface area contributed by atoms with E-state index in [1.807, 2.05) is 6.92 Å². The van der Waals surface area contributed by atoms with Gasteiger partial charge in [-0.25, -0.2) is 13.8 Å². The van der Waals surface area contributed by atoms with Crippen LogP contribution in [0.25, 0.3) is 22.3 Å². The number of hydrogen-bond acceptors (Lipinski definition) is 5. The quantitative estimate of drug-likeness (QED) is 0.513. The highest BCUT2D eigenvalue weighted by atomic mass is 32.1. The maximum absolute atomic E-state index is 13.8. The third-order valence-electron chi connectivity index (χ3n) is 4.46. The Morgan fingerprint density at radius 1 is 1.41 bits per heavy atom. The van der Waals surface area contributed by atoms with E-state index in [2.05, 4.69) is 15.1 Å². The molecule has 3 rings (SSSR count). The molecule has 0 aliphatic rings. The number of methoxy groups -OCH3 is 1. The average molecular weight is 395 g/mol. The van der Waals surface area contributed by atoms with Crippen LogP contribution >= 0.6 is 12.2 Å². The SMILES string of the molecule is COCCCn1c(=S)[nH]c(=O)c2c(C(F)F)cc(-c3cnn(C)c3C)nc21. The summed E-state index contributed by atoms with van der Waals surface area (Å²) in [6.45, 7) is 2.66. The lowest BCUT2D eigenvalue weighted by Crippen LogP contribution is -2.18. The summed E-state index contributed by atoms with van der Waals surface area (Å²) in [5, 5.41) is 3.99. The standard InChI is InChI=1S/C17H19F2N5O2S/c1-9-11(8-20-23(9)2)12-7-10(14(18)19)13-15(21-12)24(5-4-6-26-3)17(27)22-16(13)25/h7-8,14H,4-6H2,1-3H3,(H,22,25,27). The smallest absolute Gasteiger partial charge is 0.264 e. The van der Waals surface area contributed by atoms with Gasteiger partial charge in [0.25, 0.3) is 12.0 Å². The average Bonchev–Trinajstić information content (AvgIpc) is 2.95. The zero-order chi connectivity index (χ0) is 19.7. The van der Waals surface area contributed by atoms with Crippen molar-refractivity contribution < 1.29 is 13.5 Å². The lowest BCUT2D eigenvalue weighted by molar-refractivity contribution is 0.153. The Hall–Kier alpha value is -2.46. The number of halogens is 2. The molecule has 0 fully saturated rings. The van der Waals surface area contributed by atoms with Gasteiger partial charge in [-0.05, 0) is 31.6 Å². The summed E-state index contributed by atoms with van der Waals surface area (Å²) in [7, 11) is 3.32. The van der Waals surface area contributed by atoms with Crippen molar-refractivity contribution in [1.29, 1.82) is 0 Å². The van der Waals surface area contributed by atoms with Gasteiger partial charge in [-0.15, -0.1) is 0 Å². The molecule has 3 aromatic heterocycles. The zero-order valence-corrected chi connectivity index (χ0v) is 15.9. The van der Waals surface area contributed by atoms with Gasteiger partial charge in [0.1, 0.15) is 5.65 Å². The van der Waals surface area contributed by atoms with Crippen molar-refractivity contribution in [2.24, 2.45) is 7.05 Å². The molecule has 0 bridgehead atoms. The van der Waals surface area contributed by atoms with Crippen LogP contribution in [-0.4, -0.2) is 38.0 Å². The second kappa shape index (κ2) is 7.65. The minimum atomic E-state index is -2.84. The number of rotatable bonds is 6. The fourth-order valence-electron chi connectivity index (χ4n) is 2.94. The van der Waals surface area contributed by atoms with Gasteiger partial charge in [-0.1, -0.05) is 0 Å². The Kier molecular flexibility index (Phi) is 5.47. The molecule has 144 valence electrons. The van der Waals surface area contributed by atoms with Crippen molar-refractivity contribution in [2.75, 3.05) is 13.7 Å². The first-order valence-electron chi connectivity index (χ1n) is 8.29. The van der Waals surface area contributed by atoms with Gasteiger partial charge < -0.3 is 9.30 Å². The van der Waals surface area contributed by atoms with Gasteiger partial charge in [-0.3, -0.25) is 14.5 Å². The van der Waals surface area contributed by atoms with E-state index in [9.17, 15) is 13.6 Å². The molecule has 1 N–H and O–H groups in total. The summed E-state index contributed by atoms with van der Waals surface area (Å²) in [5.74, 6) is 0. The second-order valence-corrected chi connectivity index (χ2v) is 6.51. The maximum Gasteiger partial charge on any atom is 0.264 e. The Morgan fingerprint density at radius 3 is 2.74 bits per heavy atom. The number of nitrogens with zero attached hydrogens (tertiary/aromatic N) is 4. The first-order chi connectivity index (χ1) is 12.8. The van der Waals surface area contributed by atoms with Gasteiger partial charge in [0.2, 0.25) is 0 Å². The fourth-order valence-corrected chi connectivity index (χ4v) is 3.21. The van der Waals surface area contributed by atoms with Crippen molar-refractivity contribution in [3.63, 3.8) is 0 Å². The van der Waals surface area contributed by atoms with Crippen LogP contribution in [0.1, 0.15) is 24.1 Å². The Morgan fingerprint density at radius 2 is 2.15 bits per heavy atom. The van der Waals surface area contributed by atoms with Gasteiger partial charge in [0, 0.05) is 44.1 Å². The Bertz CT molecular complexity index is 1100. The largest absolute Gasteiger partial charge is 0.385 e. The molecule has 0 atom stereocenters. The summed E-state index contributed by atoms with van der Waals surface area (Å²) in [6, 6.07) is 1.24. The molecule has 3 heterocycles. The summed E-state index contributed by atoms with van der Waals surface area (Å²) >= 11 is 5.24. The van der Waals surface area contributed by atoms with Crippen molar-refractivity contribution in [3.05, 3.63) is 38.6 Å². The number of aromatic nitrogens is 5. The highest BCUT2D eigenvalue weighted by Crippen LogP contribution is 2.30. The molecule has 0 aromatic carbocycles. The molecule has 0 aliphatic carbocycles. The van der Waals surface area contributed by atoms with E-state index in [4.69, 9.17) is 17.0 Å². The summed E-state index contributed by atoms with van der Waals surface area (Å²) in [5.41, 5.74) is 0.803. The van der Waals surface area contributed by atoms with E-state index in [1.54, 1.807) is 29.6 Å². The summed E-state index contributed by atoms with van der Waals surface area (Å²) in [4.78, 5) is 19.4. The number of hydrogen-bond donors (Lipinski definition) is 1. The second-order valence-electron chi connectivity index (χ2n) is 6.12. The number of pyridine rings is 1. The van der Waals surface area contributed by atoms with Crippen LogP contribution < -0.4 is 5.56 Å². The third kappa shape index (κ3) is 3.54. The van der Waals surface area contributed by atoms with Crippen LogP contribution in [0.2, 0.25) is 0 Å². The number of aromatic amines is 1. The van der Waals surface area contributed by atoms with Crippen LogP contribution in [0.15, 0.2) is 17.1 Å². The number of fused-ring (bicyclic) bond motifs is 1. The lowest BCUT2D eigenvalue weighted by Gasteiger charge is -2.14. The van der Waals surface area contributed by atoms with Crippen LogP contribution in [-0.2, 0) is 18.3 Å². The van der Waals surface area contributed by atoms with Crippen LogP contribution in [0.3, 0.4) is 0 Å². The van der Waals surface area contributed by atoms with Crippen molar-refractivity contribution in [3.8, 4) is 11.3 Å². The predicted octanol–water partition coefficient (Wildman–Crippen LogP) is 3.14. The molecule has 10 heteroatoms. The van der Waals surface area contributed by atoms with E-state index < -0.39 is 12.0 Å². The summed E-state index contributed by atoms with van der Waals surface area (Å²) < 4.78 is 35.9. The van der Waals surface area contributed by atoms with E-state index >= 15 is 0 Å². The van der Waals surface area contributed by atoms with Crippen molar-refractivity contribution in [1.82, 2.24) is 24.3 Å². The molecule has 27 heavy (non-hydrogen) atoms. The molecule has 0 saturated heterocycles. The van der Waals surface area contributed by atoms with E-state index in [-0.39, 0.29) is 21.4 Å². The third-order valence-corrected chi connectivity index (χ3v) is 4.78. The van der Waals surface area contributed by atoms with Crippen LogP contribution in [0.5, 0.6) is 0 Å². The molecule has 7 nitrogen and oxygen atoms in total. The summed E-state index contributed by atoms with van der Waals surface area (Å²) in [6.07, 6.45) is -0.681. The van der Waals surface area contributed by atoms with E-state index in [0.717, 1.165) is 5.69 Å². The topological polar surface area (TPSA) is 77.7 Å². The monoisotopic (exact) mass is 395 g/mol. The maximum atomic E-state index is 13.8. The molecule has 0 spiro atoms. The molecular formula is C17H19F2N5O2S. The number of H-pyrrole nitrogens is 1. The highest BCUT2D eigenvalue weighted by Gasteiger charge is 2.21. The van der Waals surface area contributed by atoms with E-state index in [1.165, 1.54) is 6.07 Å². The number of ether oxygens (including phenoxy) is 1. The molecular weight excluding hydrogens is 376 g/mol. The Balaban J connectivity index is 2.35. The predicted molar refractivity (Wildman–Crippen MR) is 99.6 cm³/mol. The normalized spacial score (nSPS) is 11.6. The van der Waals surface area contributed by atoms with Gasteiger partial charge in [0.15, 0.2) is 4.77 Å². The van der Waals surface area contributed by atoms with Gasteiger partial charge in [0.05, 0.1) is 17.3 Å². The van der Waals surface area contributed by atoms with Crippen molar-refractivity contribution >= 4 is 23.3 Å². The van der Waals surface area contributed by atoms with Gasteiger partial charge in [-0.2, -0.15) is 5.10 Å². The van der Waals surface area contributed by atoms with Crippen LogP contribution in [0.4, 0.5) is 8.78 Å².